The first-order valence-corrected chi connectivity index (χ1v) is 4.56. The highest BCUT2D eigenvalue weighted by Gasteiger charge is 2.52. The third kappa shape index (κ3) is 1.19. The highest BCUT2D eigenvalue weighted by Crippen LogP contribution is 2.50. The lowest BCUT2D eigenvalue weighted by molar-refractivity contribution is -0.151. The summed E-state index contributed by atoms with van der Waals surface area (Å²) in [6.07, 6.45) is 4.32. The average molecular weight is 179 g/mol. The van der Waals surface area contributed by atoms with Crippen LogP contribution < -0.4 is 0 Å². The molecule has 70 valence electrons. The third-order valence-corrected chi connectivity index (χ3v) is 3.12. The zero-order valence-electron chi connectivity index (χ0n) is 7.53. The van der Waals surface area contributed by atoms with Crippen molar-refractivity contribution in [3.8, 4) is 0 Å². The van der Waals surface area contributed by atoms with Crippen molar-refractivity contribution in [2.75, 3.05) is 13.1 Å². The molecule has 0 aromatic rings. The van der Waals surface area contributed by atoms with E-state index in [0.29, 0.717) is 5.41 Å². The lowest BCUT2D eigenvalue weighted by atomic mass is 9.58. The van der Waals surface area contributed by atoms with Crippen LogP contribution in [-0.2, 0) is 9.59 Å². The van der Waals surface area contributed by atoms with Crippen LogP contribution in [0.15, 0.2) is 12.7 Å². The molecule has 1 heterocycles. The molecule has 1 amide bonds. The van der Waals surface area contributed by atoms with Gasteiger partial charge in [0.25, 0.3) is 0 Å². The summed E-state index contributed by atoms with van der Waals surface area (Å²) >= 11 is 0. The number of amides is 1. The molecule has 1 spiro atoms. The second-order valence-electron chi connectivity index (χ2n) is 4.20. The molecule has 1 saturated heterocycles. The van der Waals surface area contributed by atoms with Crippen LogP contribution in [0.1, 0.15) is 12.8 Å². The molecule has 2 rings (SSSR count). The Bertz CT molecular complexity index is 258. The maximum atomic E-state index is 11.1. The fourth-order valence-corrected chi connectivity index (χ4v) is 2.46. The van der Waals surface area contributed by atoms with E-state index in [1.54, 1.807) is 4.90 Å². The molecule has 2 aliphatic rings. The van der Waals surface area contributed by atoms with E-state index in [4.69, 9.17) is 0 Å². The number of rotatable bonds is 2. The van der Waals surface area contributed by atoms with Gasteiger partial charge in [0, 0.05) is 24.4 Å². The molecule has 13 heavy (non-hydrogen) atoms. The topological polar surface area (TPSA) is 37.4 Å². The van der Waals surface area contributed by atoms with Crippen molar-refractivity contribution < 1.29 is 9.59 Å². The number of nitrogens with zero attached hydrogens (tertiary/aromatic N) is 1. The highest BCUT2D eigenvalue weighted by molar-refractivity contribution is 5.87. The minimum Gasteiger partial charge on any atom is -0.338 e. The van der Waals surface area contributed by atoms with Crippen molar-refractivity contribution in [2.45, 2.75) is 12.8 Å². The Hall–Kier alpha value is -1.12. The van der Waals surface area contributed by atoms with Crippen molar-refractivity contribution in [3.05, 3.63) is 12.7 Å². The van der Waals surface area contributed by atoms with Crippen LogP contribution in [0.2, 0.25) is 0 Å². The van der Waals surface area contributed by atoms with E-state index in [1.807, 2.05) is 0 Å². The lowest BCUT2D eigenvalue weighted by Crippen LogP contribution is -2.63. The molecule has 0 atom stereocenters. The molecule has 0 radical (unpaired) electrons. The van der Waals surface area contributed by atoms with Crippen molar-refractivity contribution in [2.24, 2.45) is 11.3 Å². The van der Waals surface area contributed by atoms with Gasteiger partial charge in [0.1, 0.15) is 6.29 Å². The Morgan fingerprint density at radius 1 is 1.46 bits per heavy atom. The van der Waals surface area contributed by atoms with Crippen molar-refractivity contribution in [1.82, 2.24) is 4.90 Å². The van der Waals surface area contributed by atoms with Crippen molar-refractivity contribution >= 4 is 12.2 Å². The van der Waals surface area contributed by atoms with Gasteiger partial charge < -0.3 is 9.69 Å². The van der Waals surface area contributed by atoms with Crippen molar-refractivity contribution in [1.29, 1.82) is 0 Å². The van der Waals surface area contributed by atoms with Crippen LogP contribution in [0.4, 0.5) is 0 Å². The van der Waals surface area contributed by atoms with E-state index in [9.17, 15) is 9.59 Å². The number of carbonyl (C=O) groups is 2. The van der Waals surface area contributed by atoms with E-state index in [2.05, 4.69) is 6.58 Å². The van der Waals surface area contributed by atoms with E-state index >= 15 is 0 Å². The first-order valence-electron chi connectivity index (χ1n) is 4.56. The standard InChI is InChI=1S/C10H13NO2/c1-2-9(13)11-6-10(7-11)3-8(4-10)5-12/h2,5,8H,1,3-4,6-7H2. The Kier molecular flexibility index (Phi) is 1.75. The van der Waals surface area contributed by atoms with Gasteiger partial charge in [-0.15, -0.1) is 0 Å². The first kappa shape index (κ1) is 8.48. The molecular formula is C10H13NO2. The Morgan fingerprint density at radius 3 is 2.54 bits per heavy atom. The summed E-state index contributed by atoms with van der Waals surface area (Å²) in [4.78, 5) is 23.3. The first-order chi connectivity index (χ1) is 6.19. The molecule has 2 fully saturated rings. The van der Waals surface area contributed by atoms with Crippen LogP contribution >= 0.6 is 0 Å². The van der Waals surface area contributed by atoms with Crippen LogP contribution in [0.3, 0.4) is 0 Å². The summed E-state index contributed by atoms with van der Waals surface area (Å²) < 4.78 is 0. The minimum atomic E-state index is 0.0141. The van der Waals surface area contributed by atoms with Crippen LogP contribution in [0.25, 0.3) is 0 Å². The van der Waals surface area contributed by atoms with Gasteiger partial charge in [-0.1, -0.05) is 6.58 Å². The fraction of sp³-hybridized carbons (Fsp3) is 0.600. The molecule has 3 heteroatoms. The molecule has 0 unspecified atom stereocenters. The van der Waals surface area contributed by atoms with Gasteiger partial charge in [-0.05, 0) is 18.9 Å². The predicted molar refractivity (Wildman–Crippen MR) is 48.0 cm³/mol. The fourth-order valence-electron chi connectivity index (χ4n) is 2.46. The van der Waals surface area contributed by atoms with Gasteiger partial charge in [0.05, 0.1) is 0 Å². The van der Waals surface area contributed by atoms with Crippen molar-refractivity contribution in [3.63, 3.8) is 0 Å². The van der Waals surface area contributed by atoms with Crippen LogP contribution in [0, 0.1) is 11.3 Å². The second kappa shape index (κ2) is 2.69. The quantitative estimate of drug-likeness (QED) is 0.460. The number of hydrogen-bond donors (Lipinski definition) is 0. The zero-order valence-corrected chi connectivity index (χ0v) is 7.53. The van der Waals surface area contributed by atoms with E-state index in [0.717, 1.165) is 32.2 Å². The van der Waals surface area contributed by atoms with E-state index in [1.165, 1.54) is 6.08 Å². The molecule has 1 saturated carbocycles. The van der Waals surface area contributed by atoms with Gasteiger partial charge in [0.15, 0.2) is 0 Å². The maximum absolute atomic E-state index is 11.1. The Morgan fingerprint density at radius 2 is 2.08 bits per heavy atom. The van der Waals surface area contributed by atoms with Gasteiger partial charge in [-0.25, -0.2) is 0 Å². The highest BCUT2D eigenvalue weighted by atomic mass is 16.2. The number of hydrogen-bond acceptors (Lipinski definition) is 2. The smallest absolute Gasteiger partial charge is 0.245 e. The summed E-state index contributed by atoms with van der Waals surface area (Å²) in [5, 5.41) is 0. The summed E-state index contributed by atoms with van der Waals surface area (Å²) in [6, 6.07) is 0. The second-order valence-corrected chi connectivity index (χ2v) is 4.20. The van der Waals surface area contributed by atoms with Gasteiger partial charge in [-0.3, -0.25) is 4.79 Å². The molecule has 3 nitrogen and oxygen atoms in total. The normalized spacial score (nSPS) is 24.8. The summed E-state index contributed by atoms with van der Waals surface area (Å²) in [7, 11) is 0. The minimum absolute atomic E-state index is 0.0141. The summed E-state index contributed by atoms with van der Waals surface area (Å²) in [5.74, 6) is 0.265. The summed E-state index contributed by atoms with van der Waals surface area (Å²) in [6.45, 7) is 5.08. The Labute approximate surface area is 77.4 Å². The molecule has 0 aromatic heterocycles. The largest absolute Gasteiger partial charge is 0.338 e. The number of likely N-dealkylation sites (tertiary alicyclic amines) is 1. The molecule has 1 aliphatic heterocycles. The zero-order chi connectivity index (χ0) is 9.47. The predicted octanol–water partition coefficient (Wildman–Crippen LogP) is 0.610. The lowest BCUT2D eigenvalue weighted by Gasteiger charge is -2.57. The molecular weight excluding hydrogens is 166 g/mol. The maximum Gasteiger partial charge on any atom is 0.245 e. The van der Waals surface area contributed by atoms with Gasteiger partial charge >= 0.3 is 0 Å². The van der Waals surface area contributed by atoms with Crippen LogP contribution in [-0.4, -0.2) is 30.2 Å². The molecule has 0 N–H and O–H groups in total. The molecule has 1 aliphatic carbocycles. The number of carbonyl (C=O) groups excluding carboxylic acids is 2. The average Bonchev–Trinajstić information content (AvgIpc) is 1.99. The molecule has 0 bridgehead atoms. The SMILES string of the molecule is C=CC(=O)N1CC2(CC(C=O)C2)C1. The Balaban J connectivity index is 1.82. The van der Waals surface area contributed by atoms with E-state index in [-0.39, 0.29) is 11.8 Å². The molecule has 0 aromatic carbocycles. The van der Waals surface area contributed by atoms with E-state index < -0.39 is 0 Å². The van der Waals surface area contributed by atoms with Crippen LogP contribution in [0.5, 0.6) is 0 Å². The van der Waals surface area contributed by atoms with Gasteiger partial charge in [-0.2, -0.15) is 0 Å². The van der Waals surface area contributed by atoms with Gasteiger partial charge in [0.2, 0.25) is 5.91 Å². The summed E-state index contributed by atoms with van der Waals surface area (Å²) in [5.41, 5.74) is 0.296. The third-order valence-electron chi connectivity index (χ3n) is 3.12. The number of aldehydes is 1. The monoisotopic (exact) mass is 179 g/mol.